The molecule has 0 saturated carbocycles. The van der Waals surface area contributed by atoms with Crippen LogP contribution in [0.1, 0.15) is 43.4 Å². The van der Waals surface area contributed by atoms with Crippen molar-refractivity contribution in [1.29, 1.82) is 0 Å². The summed E-state index contributed by atoms with van der Waals surface area (Å²) in [6, 6.07) is 22.5. The molecular formula is C31H39N3O4S. The second kappa shape index (κ2) is 13.9. The maximum absolute atomic E-state index is 13.9. The van der Waals surface area contributed by atoms with Crippen LogP contribution in [0.2, 0.25) is 0 Å². The lowest BCUT2D eigenvalue weighted by molar-refractivity contribution is -0.138. The van der Waals surface area contributed by atoms with E-state index in [2.05, 4.69) is 5.32 Å². The molecule has 1 N–H and O–H groups in total. The third-order valence-corrected chi connectivity index (χ3v) is 8.71. The molecule has 0 aliphatic heterocycles. The SMILES string of the molecule is CCCCNC(=O)[C@H](C)N(CCc1ccccc1)C(=O)CN(c1cccc(C)c1C)S(=O)(=O)c1ccccc1. The topological polar surface area (TPSA) is 86.8 Å². The van der Waals surface area contributed by atoms with Crippen molar-refractivity contribution in [2.45, 2.75) is 57.9 Å². The number of rotatable bonds is 13. The zero-order valence-electron chi connectivity index (χ0n) is 23.3. The fourth-order valence-corrected chi connectivity index (χ4v) is 5.84. The summed E-state index contributed by atoms with van der Waals surface area (Å²) in [5.74, 6) is -0.696. The van der Waals surface area contributed by atoms with Gasteiger partial charge < -0.3 is 10.2 Å². The maximum Gasteiger partial charge on any atom is 0.264 e. The molecule has 7 nitrogen and oxygen atoms in total. The Morgan fingerprint density at radius 2 is 1.54 bits per heavy atom. The Morgan fingerprint density at radius 1 is 0.897 bits per heavy atom. The minimum Gasteiger partial charge on any atom is -0.354 e. The first-order valence-corrected chi connectivity index (χ1v) is 14.9. The van der Waals surface area contributed by atoms with Gasteiger partial charge >= 0.3 is 0 Å². The molecule has 39 heavy (non-hydrogen) atoms. The molecule has 0 radical (unpaired) electrons. The van der Waals surface area contributed by atoms with Gasteiger partial charge in [0, 0.05) is 13.1 Å². The van der Waals surface area contributed by atoms with Gasteiger partial charge in [0.15, 0.2) is 0 Å². The fourth-order valence-electron chi connectivity index (χ4n) is 4.34. The summed E-state index contributed by atoms with van der Waals surface area (Å²) in [6.45, 7) is 7.86. The van der Waals surface area contributed by atoms with Crippen LogP contribution in [0.15, 0.2) is 83.8 Å². The van der Waals surface area contributed by atoms with Crippen LogP contribution in [0.4, 0.5) is 5.69 Å². The van der Waals surface area contributed by atoms with Gasteiger partial charge in [-0.15, -0.1) is 0 Å². The van der Waals surface area contributed by atoms with E-state index in [0.717, 1.165) is 29.5 Å². The molecule has 3 aromatic rings. The number of benzene rings is 3. The molecule has 2 amide bonds. The number of carbonyl (C=O) groups excluding carboxylic acids is 2. The highest BCUT2D eigenvalue weighted by molar-refractivity contribution is 7.92. The number of unbranched alkanes of at least 4 members (excludes halogenated alkanes) is 1. The minimum absolute atomic E-state index is 0.0971. The quantitative estimate of drug-likeness (QED) is 0.308. The number of nitrogens with zero attached hydrogens (tertiary/aromatic N) is 2. The van der Waals surface area contributed by atoms with Crippen LogP contribution in [0.3, 0.4) is 0 Å². The van der Waals surface area contributed by atoms with E-state index in [4.69, 9.17) is 0 Å². The first-order valence-electron chi connectivity index (χ1n) is 13.4. The number of sulfonamides is 1. The first-order chi connectivity index (χ1) is 18.7. The highest BCUT2D eigenvalue weighted by Gasteiger charge is 2.33. The highest BCUT2D eigenvalue weighted by Crippen LogP contribution is 2.29. The molecule has 8 heteroatoms. The molecule has 3 rings (SSSR count). The third kappa shape index (κ3) is 7.69. The van der Waals surface area contributed by atoms with Gasteiger partial charge in [-0.05, 0) is 68.5 Å². The van der Waals surface area contributed by atoms with Crippen molar-refractivity contribution >= 4 is 27.5 Å². The number of anilines is 1. The number of amides is 2. The Morgan fingerprint density at radius 3 is 2.18 bits per heavy atom. The predicted molar refractivity (Wildman–Crippen MR) is 156 cm³/mol. The van der Waals surface area contributed by atoms with Crippen molar-refractivity contribution in [3.63, 3.8) is 0 Å². The van der Waals surface area contributed by atoms with E-state index >= 15 is 0 Å². The molecular weight excluding hydrogens is 510 g/mol. The van der Waals surface area contributed by atoms with Gasteiger partial charge in [0.25, 0.3) is 10.0 Å². The molecule has 0 fully saturated rings. The van der Waals surface area contributed by atoms with Crippen molar-refractivity contribution in [3.8, 4) is 0 Å². The molecule has 0 heterocycles. The van der Waals surface area contributed by atoms with Gasteiger partial charge in [0.05, 0.1) is 10.6 Å². The lowest BCUT2D eigenvalue weighted by Gasteiger charge is -2.32. The van der Waals surface area contributed by atoms with Gasteiger partial charge in [-0.1, -0.05) is 74.0 Å². The van der Waals surface area contributed by atoms with E-state index in [1.54, 1.807) is 37.3 Å². The summed E-state index contributed by atoms with van der Waals surface area (Å²) in [5.41, 5.74) is 3.15. The zero-order valence-corrected chi connectivity index (χ0v) is 24.1. The number of hydrogen-bond acceptors (Lipinski definition) is 4. The number of aryl methyl sites for hydroxylation is 1. The summed E-state index contributed by atoms with van der Waals surface area (Å²) in [6.07, 6.45) is 2.31. The van der Waals surface area contributed by atoms with E-state index in [1.165, 1.54) is 21.3 Å². The van der Waals surface area contributed by atoms with E-state index < -0.39 is 28.5 Å². The monoisotopic (exact) mass is 549 g/mol. The molecule has 0 spiro atoms. The number of nitrogens with one attached hydrogen (secondary N) is 1. The molecule has 0 aromatic heterocycles. The van der Waals surface area contributed by atoms with Crippen LogP contribution >= 0.6 is 0 Å². The van der Waals surface area contributed by atoms with E-state index in [9.17, 15) is 18.0 Å². The van der Waals surface area contributed by atoms with Gasteiger partial charge in [-0.25, -0.2) is 8.42 Å². The van der Waals surface area contributed by atoms with Gasteiger partial charge in [-0.2, -0.15) is 0 Å². The molecule has 1 atom stereocenters. The normalized spacial score (nSPS) is 12.0. The largest absolute Gasteiger partial charge is 0.354 e. The van der Waals surface area contributed by atoms with Crippen molar-refractivity contribution in [1.82, 2.24) is 10.2 Å². The van der Waals surface area contributed by atoms with Crippen molar-refractivity contribution in [3.05, 3.63) is 95.6 Å². The summed E-state index contributed by atoms with van der Waals surface area (Å²) < 4.78 is 28.9. The molecule has 3 aromatic carbocycles. The smallest absolute Gasteiger partial charge is 0.264 e. The standard InChI is InChI=1S/C31H39N3O4S/c1-5-6-21-32-31(36)26(4)33(22-20-27-15-9-7-10-16-27)30(35)23-34(29-19-13-14-24(2)25(29)3)39(37,38)28-17-11-8-12-18-28/h7-19,26H,5-6,20-23H2,1-4H3,(H,32,36)/t26-/m0/s1. The molecule has 0 saturated heterocycles. The van der Waals surface area contributed by atoms with Gasteiger partial charge in [0.1, 0.15) is 12.6 Å². The van der Waals surface area contributed by atoms with Crippen LogP contribution in [0.5, 0.6) is 0 Å². The maximum atomic E-state index is 13.9. The molecule has 0 bridgehead atoms. The summed E-state index contributed by atoms with van der Waals surface area (Å²) in [5, 5.41) is 2.91. The summed E-state index contributed by atoms with van der Waals surface area (Å²) >= 11 is 0. The van der Waals surface area contributed by atoms with E-state index in [-0.39, 0.29) is 17.3 Å². The van der Waals surface area contributed by atoms with Crippen LogP contribution in [0.25, 0.3) is 0 Å². The highest BCUT2D eigenvalue weighted by atomic mass is 32.2. The Kier molecular flexibility index (Phi) is 10.7. The van der Waals surface area contributed by atoms with Gasteiger partial charge in [-0.3, -0.25) is 13.9 Å². The number of carbonyl (C=O) groups is 2. The second-order valence-corrected chi connectivity index (χ2v) is 11.5. The zero-order chi connectivity index (χ0) is 28.4. The number of hydrogen-bond donors (Lipinski definition) is 1. The third-order valence-electron chi connectivity index (χ3n) is 6.94. The average molecular weight is 550 g/mol. The van der Waals surface area contributed by atoms with Crippen LogP contribution in [0, 0.1) is 13.8 Å². The predicted octanol–water partition coefficient (Wildman–Crippen LogP) is 4.87. The summed E-state index contributed by atoms with van der Waals surface area (Å²) in [4.78, 5) is 28.5. The first kappa shape index (κ1) is 29.9. The lowest BCUT2D eigenvalue weighted by Crippen LogP contribution is -2.52. The molecule has 0 aliphatic rings. The molecule has 0 aliphatic carbocycles. The molecule has 208 valence electrons. The van der Waals surface area contributed by atoms with Crippen molar-refractivity contribution in [2.24, 2.45) is 0 Å². The van der Waals surface area contributed by atoms with Crippen molar-refractivity contribution < 1.29 is 18.0 Å². The summed E-state index contributed by atoms with van der Waals surface area (Å²) in [7, 11) is -4.07. The Balaban J connectivity index is 1.97. The van der Waals surface area contributed by atoms with Crippen LogP contribution in [-0.2, 0) is 26.0 Å². The Hall–Kier alpha value is -3.65. The average Bonchev–Trinajstić information content (AvgIpc) is 2.94. The minimum atomic E-state index is -4.07. The lowest BCUT2D eigenvalue weighted by atomic mass is 10.1. The van der Waals surface area contributed by atoms with Crippen molar-refractivity contribution in [2.75, 3.05) is 23.9 Å². The van der Waals surface area contributed by atoms with Gasteiger partial charge in [0.2, 0.25) is 11.8 Å². The Bertz CT molecular complexity index is 1340. The van der Waals surface area contributed by atoms with Crippen LogP contribution < -0.4 is 9.62 Å². The van der Waals surface area contributed by atoms with Crippen LogP contribution in [-0.4, -0.2) is 50.8 Å². The van der Waals surface area contributed by atoms with E-state index in [0.29, 0.717) is 18.7 Å². The fraction of sp³-hybridized carbons (Fsp3) is 0.355. The second-order valence-electron chi connectivity index (χ2n) is 9.69. The molecule has 0 unspecified atom stereocenters. The Labute approximate surface area is 232 Å². The van der Waals surface area contributed by atoms with E-state index in [1.807, 2.05) is 57.2 Å².